The molecule has 0 aromatic heterocycles. The molecule has 1 aliphatic rings. The summed E-state index contributed by atoms with van der Waals surface area (Å²) in [7, 11) is 0. The maximum absolute atomic E-state index is 11.5. The molecule has 2 N–H and O–H groups in total. The number of hydrogen-bond donors (Lipinski definition) is 2. The maximum Gasteiger partial charge on any atom is 0.234 e. The molecule has 5 heteroatoms. The van der Waals surface area contributed by atoms with E-state index in [-0.39, 0.29) is 12.7 Å². The molecule has 0 unspecified atom stereocenters. The number of nitrogens with one attached hydrogen (secondary N) is 2. The van der Waals surface area contributed by atoms with Gasteiger partial charge in [-0.15, -0.1) is 0 Å². The minimum absolute atomic E-state index is 0.0139. The monoisotopic (exact) mass is 250 g/mol. The third-order valence-corrected chi connectivity index (χ3v) is 2.67. The molecule has 0 spiro atoms. The summed E-state index contributed by atoms with van der Waals surface area (Å²) in [5, 5.41) is 5.91. The van der Waals surface area contributed by atoms with Crippen molar-refractivity contribution in [2.45, 2.75) is 19.9 Å². The number of ether oxygens (including phenoxy) is 2. The number of carbonyl (C=O) groups excluding carboxylic acids is 1. The van der Waals surface area contributed by atoms with Crippen molar-refractivity contribution in [1.82, 2.24) is 10.6 Å². The number of rotatable bonds is 6. The van der Waals surface area contributed by atoms with Crippen LogP contribution >= 0.6 is 0 Å². The Hall–Kier alpha value is -1.75. The lowest BCUT2D eigenvalue weighted by Crippen LogP contribution is -2.33. The van der Waals surface area contributed by atoms with Crippen LogP contribution in [0.2, 0.25) is 0 Å². The molecule has 5 nitrogen and oxygen atoms in total. The molecule has 1 aromatic carbocycles. The van der Waals surface area contributed by atoms with Crippen LogP contribution in [0.15, 0.2) is 18.2 Å². The summed E-state index contributed by atoms with van der Waals surface area (Å²) in [5.74, 6) is 1.46. The van der Waals surface area contributed by atoms with Gasteiger partial charge in [0.1, 0.15) is 0 Å². The van der Waals surface area contributed by atoms with Gasteiger partial charge in [-0.25, -0.2) is 0 Å². The normalized spacial score (nSPS) is 12.5. The van der Waals surface area contributed by atoms with Gasteiger partial charge >= 0.3 is 0 Å². The summed E-state index contributed by atoms with van der Waals surface area (Å²) in [4.78, 5) is 11.5. The van der Waals surface area contributed by atoms with Gasteiger partial charge in [-0.1, -0.05) is 19.1 Å². The van der Waals surface area contributed by atoms with Gasteiger partial charge in [0.2, 0.25) is 12.7 Å². The minimum atomic E-state index is -0.0139. The third-order valence-electron chi connectivity index (χ3n) is 2.67. The zero-order valence-corrected chi connectivity index (χ0v) is 10.5. The lowest BCUT2D eigenvalue weighted by molar-refractivity contribution is -0.120. The fourth-order valence-corrected chi connectivity index (χ4v) is 1.76. The molecule has 1 amide bonds. The molecule has 0 fully saturated rings. The highest BCUT2D eigenvalue weighted by molar-refractivity contribution is 5.78. The van der Waals surface area contributed by atoms with E-state index in [2.05, 4.69) is 17.6 Å². The molecule has 0 aliphatic carbocycles. The first-order valence-electron chi connectivity index (χ1n) is 6.16. The van der Waals surface area contributed by atoms with Crippen LogP contribution in [0, 0.1) is 0 Å². The van der Waals surface area contributed by atoms with Crippen molar-refractivity contribution < 1.29 is 14.3 Å². The first kappa shape index (κ1) is 12.7. The quantitative estimate of drug-likeness (QED) is 0.740. The first-order valence-corrected chi connectivity index (χ1v) is 6.16. The van der Waals surface area contributed by atoms with Crippen LogP contribution in [0.3, 0.4) is 0 Å². The van der Waals surface area contributed by atoms with E-state index in [0.29, 0.717) is 13.1 Å². The molecule has 0 atom stereocenters. The van der Waals surface area contributed by atoms with E-state index >= 15 is 0 Å². The van der Waals surface area contributed by atoms with Gasteiger partial charge in [-0.2, -0.15) is 0 Å². The highest BCUT2D eigenvalue weighted by Crippen LogP contribution is 2.35. The zero-order valence-electron chi connectivity index (χ0n) is 10.5. The molecule has 1 aromatic rings. The van der Waals surface area contributed by atoms with Crippen molar-refractivity contribution in [1.29, 1.82) is 0 Å². The van der Waals surface area contributed by atoms with Gasteiger partial charge in [0.25, 0.3) is 0 Å². The molecule has 0 saturated heterocycles. The third kappa shape index (κ3) is 3.13. The molecule has 18 heavy (non-hydrogen) atoms. The number of hydrogen-bond acceptors (Lipinski definition) is 4. The largest absolute Gasteiger partial charge is 0.454 e. The van der Waals surface area contributed by atoms with Gasteiger partial charge in [0.05, 0.1) is 6.54 Å². The predicted octanol–water partition coefficient (Wildman–Crippen LogP) is 1.03. The molecular weight excluding hydrogens is 232 g/mol. The average molecular weight is 250 g/mol. The lowest BCUT2D eigenvalue weighted by atomic mass is 10.2. The van der Waals surface area contributed by atoms with E-state index in [1.807, 2.05) is 18.2 Å². The summed E-state index contributed by atoms with van der Waals surface area (Å²) in [5.41, 5.74) is 0.939. The van der Waals surface area contributed by atoms with Crippen LogP contribution in [0.1, 0.15) is 18.9 Å². The Morgan fingerprint density at radius 3 is 3.11 bits per heavy atom. The number of carbonyl (C=O) groups is 1. The molecule has 2 rings (SSSR count). The zero-order chi connectivity index (χ0) is 12.8. The van der Waals surface area contributed by atoms with Crippen molar-refractivity contribution in [3.05, 3.63) is 23.8 Å². The van der Waals surface area contributed by atoms with Crippen molar-refractivity contribution in [2.24, 2.45) is 0 Å². The highest BCUT2D eigenvalue weighted by Gasteiger charge is 2.17. The van der Waals surface area contributed by atoms with Crippen LogP contribution in [0.25, 0.3) is 0 Å². The van der Waals surface area contributed by atoms with Gasteiger partial charge in [-0.3, -0.25) is 4.79 Å². The van der Waals surface area contributed by atoms with Crippen LogP contribution in [-0.2, 0) is 11.3 Å². The second kappa shape index (κ2) is 6.26. The fraction of sp³-hybridized carbons (Fsp3) is 0.462. The predicted molar refractivity (Wildman–Crippen MR) is 67.6 cm³/mol. The Labute approximate surface area is 106 Å². The molecule has 1 aliphatic heterocycles. The average Bonchev–Trinajstić information content (AvgIpc) is 2.85. The summed E-state index contributed by atoms with van der Waals surface area (Å²) < 4.78 is 10.6. The van der Waals surface area contributed by atoms with Gasteiger partial charge < -0.3 is 20.1 Å². The number of para-hydroxylation sites is 1. The Balaban J connectivity index is 1.83. The van der Waals surface area contributed by atoms with Crippen LogP contribution in [0.5, 0.6) is 11.5 Å². The van der Waals surface area contributed by atoms with E-state index in [1.54, 1.807) is 0 Å². The van der Waals surface area contributed by atoms with Gasteiger partial charge in [-0.05, 0) is 19.0 Å². The number of benzene rings is 1. The maximum atomic E-state index is 11.5. The van der Waals surface area contributed by atoms with Crippen LogP contribution in [-0.4, -0.2) is 25.8 Å². The van der Waals surface area contributed by atoms with Gasteiger partial charge in [0, 0.05) is 12.1 Å². The Bertz CT molecular complexity index is 421. The van der Waals surface area contributed by atoms with E-state index in [4.69, 9.17) is 9.47 Å². The van der Waals surface area contributed by atoms with Crippen molar-refractivity contribution >= 4 is 5.91 Å². The van der Waals surface area contributed by atoms with E-state index in [9.17, 15) is 4.79 Å². The molecule has 0 bridgehead atoms. The van der Waals surface area contributed by atoms with E-state index < -0.39 is 0 Å². The van der Waals surface area contributed by atoms with E-state index in [0.717, 1.165) is 30.0 Å². The van der Waals surface area contributed by atoms with Crippen molar-refractivity contribution in [3.63, 3.8) is 0 Å². The minimum Gasteiger partial charge on any atom is -0.454 e. The molecule has 1 heterocycles. The molecule has 0 saturated carbocycles. The van der Waals surface area contributed by atoms with Gasteiger partial charge in [0.15, 0.2) is 11.5 Å². The lowest BCUT2D eigenvalue weighted by Gasteiger charge is -2.08. The SMILES string of the molecule is CCCNCC(=O)NCc1cccc2c1OCO2. The Kier molecular flexibility index (Phi) is 4.41. The summed E-state index contributed by atoms with van der Waals surface area (Å²) in [6, 6.07) is 5.67. The Morgan fingerprint density at radius 2 is 2.28 bits per heavy atom. The second-order valence-corrected chi connectivity index (χ2v) is 4.10. The summed E-state index contributed by atoms with van der Waals surface area (Å²) >= 11 is 0. The summed E-state index contributed by atoms with van der Waals surface area (Å²) in [6.07, 6.45) is 1.02. The molecular formula is C13H18N2O3. The summed E-state index contributed by atoms with van der Waals surface area (Å²) in [6.45, 7) is 3.97. The smallest absolute Gasteiger partial charge is 0.234 e. The molecule has 0 radical (unpaired) electrons. The van der Waals surface area contributed by atoms with Crippen molar-refractivity contribution in [2.75, 3.05) is 19.9 Å². The fourth-order valence-electron chi connectivity index (χ4n) is 1.76. The molecule has 98 valence electrons. The van der Waals surface area contributed by atoms with Crippen LogP contribution < -0.4 is 20.1 Å². The number of amides is 1. The topological polar surface area (TPSA) is 59.6 Å². The standard InChI is InChI=1S/C13H18N2O3/c1-2-6-14-8-12(16)15-7-10-4-3-5-11-13(10)18-9-17-11/h3-5,14H,2,6-9H2,1H3,(H,15,16). The van der Waals surface area contributed by atoms with Crippen LogP contribution in [0.4, 0.5) is 0 Å². The Morgan fingerprint density at radius 1 is 1.39 bits per heavy atom. The number of fused-ring (bicyclic) bond motifs is 1. The first-order chi connectivity index (χ1) is 8.81. The van der Waals surface area contributed by atoms with E-state index in [1.165, 1.54) is 0 Å². The van der Waals surface area contributed by atoms with Crippen molar-refractivity contribution in [3.8, 4) is 11.5 Å². The highest BCUT2D eigenvalue weighted by atomic mass is 16.7. The second-order valence-electron chi connectivity index (χ2n) is 4.10.